The van der Waals surface area contributed by atoms with Crippen molar-refractivity contribution in [2.24, 2.45) is 10.9 Å². The first-order chi connectivity index (χ1) is 9.52. The number of ether oxygens (including phenoxy) is 1. The van der Waals surface area contributed by atoms with Crippen molar-refractivity contribution in [3.8, 4) is 0 Å². The molecule has 0 fully saturated rings. The van der Waals surface area contributed by atoms with Gasteiger partial charge in [0, 0.05) is 13.0 Å². The first kappa shape index (κ1) is 14.5. The molecule has 2 N–H and O–H groups in total. The maximum Gasteiger partial charge on any atom is 0.354 e. The molecule has 1 aromatic rings. The second-order valence-electron chi connectivity index (χ2n) is 5.27. The van der Waals surface area contributed by atoms with Gasteiger partial charge in [0.2, 0.25) is 0 Å². The van der Waals surface area contributed by atoms with E-state index < -0.39 is 11.6 Å². The van der Waals surface area contributed by atoms with Crippen LogP contribution in [0.5, 0.6) is 0 Å². The van der Waals surface area contributed by atoms with Gasteiger partial charge in [-0.15, -0.1) is 0 Å². The van der Waals surface area contributed by atoms with Gasteiger partial charge >= 0.3 is 5.97 Å². The van der Waals surface area contributed by atoms with E-state index in [1.54, 1.807) is 0 Å². The fraction of sp³-hybridized carbons (Fsp3) is 0.467. The molecular formula is C15H20N2O3. The lowest BCUT2D eigenvalue weighted by atomic mass is 9.93. The third-order valence-corrected chi connectivity index (χ3v) is 3.58. The zero-order valence-corrected chi connectivity index (χ0v) is 12.1. The Hall–Kier alpha value is -1.88. The average molecular weight is 276 g/mol. The summed E-state index contributed by atoms with van der Waals surface area (Å²) < 4.78 is 4.75. The summed E-state index contributed by atoms with van der Waals surface area (Å²) in [5.41, 5.74) is 7.38. The van der Waals surface area contributed by atoms with Crippen molar-refractivity contribution in [1.29, 1.82) is 0 Å². The van der Waals surface area contributed by atoms with Crippen molar-refractivity contribution in [2.75, 3.05) is 13.7 Å². The fourth-order valence-corrected chi connectivity index (χ4v) is 2.18. The Balaban J connectivity index is 2.18. The highest BCUT2D eigenvalue weighted by atomic mass is 16.7. The highest BCUT2D eigenvalue weighted by Gasteiger charge is 2.46. The molecule has 1 unspecified atom stereocenters. The summed E-state index contributed by atoms with van der Waals surface area (Å²) in [6.45, 7) is 4.32. The second-order valence-corrected chi connectivity index (χ2v) is 5.27. The number of hydrogen-bond donors (Lipinski definition) is 1. The summed E-state index contributed by atoms with van der Waals surface area (Å²) in [5, 5.41) is 4.01. The predicted molar refractivity (Wildman–Crippen MR) is 76.6 cm³/mol. The molecular weight excluding hydrogens is 256 g/mol. The molecule has 1 aliphatic heterocycles. The third-order valence-electron chi connectivity index (χ3n) is 3.58. The van der Waals surface area contributed by atoms with E-state index in [9.17, 15) is 4.79 Å². The van der Waals surface area contributed by atoms with Gasteiger partial charge in [0.05, 0.1) is 12.8 Å². The number of methoxy groups -OCH3 is 1. The molecule has 5 nitrogen and oxygen atoms in total. The fourth-order valence-electron chi connectivity index (χ4n) is 2.18. The Kier molecular flexibility index (Phi) is 4.09. The second kappa shape index (κ2) is 5.63. The van der Waals surface area contributed by atoms with Crippen molar-refractivity contribution in [3.05, 3.63) is 35.4 Å². The summed E-state index contributed by atoms with van der Waals surface area (Å²) in [6.07, 6.45) is 0.331. The monoisotopic (exact) mass is 276 g/mol. The minimum Gasteiger partial charge on any atom is -0.466 e. The molecule has 0 aromatic heterocycles. The minimum absolute atomic E-state index is 0.0384. The zero-order chi connectivity index (χ0) is 14.8. The van der Waals surface area contributed by atoms with Gasteiger partial charge < -0.3 is 15.3 Å². The van der Waals surface area contributed by atoms with E-state index in [0.717, 1.165) is 11.3 Å². The number of hydrogen-bond acceptors (Lipinski definition) is 5. The summed E-state index contributed by atoms with van der Waals surface area (Å²) in [5.74, 6) is -0.0124. The van der Waals surface area contributed by atoms with E-state index in [-0.39, 0.29) is 6.54 Å². The van der Waals surface area contributed by atoms with Crippen LogP contribution in [0.2, 0.25) is 0 Å². The molecule has 0 saturated heterocycles. The van der Waals surface area contributed by atoms with Crippen molar-refractivity contribution < 1.29 is 14.4 Å². The number of oxime groups is 1. The molecule has 20 heavy (non-hydrogen) atoms. The highest BCUT2D eigenvalue weighted by molar-refractivity contribution is 6.04. The third kappa shape index (κ3) is 2.54. The normalized spacial score (nSPS) is 21.6. The molecule has 0 saturated carbocycles. The van der Waals surface area contributed by atoms with E-state index in [1.165, 1.54) is 12.7 Å². The van der Waals surface area contributed by atoms with Gasteiger partial charge in [-0.3, -0.25) is 0 Å². The van der Waals surface area contributed by atoms with Crippen LogP contribution in [0.25, 0.3) is 0 Å². The molecule has 5 heteroatoms. The van der Waals surface area contributed by atoms with E-state index in [1.807, 2.05) is 12.1 Å². The zero-order valence-electron chi connectivity index (χ0n) is 12.1. The van der Waals surface area contributed by atoms with Crippen LogP contribution in [0.3, 0.4) is 0 Å². The van der Waals surface area contributed by atoms with Crippen LogP contribution in [0.4, 0.5) is 0 Å². The lowest BCUT2D eigenvalue weighted by Crippen LogP contribution is -2.46. The quantitative estimate of drug-likeness (QED) is 0.851. The Morgan fingerprint density at radius 3 is 2.60 bits per heavy atom. The molecule has 0 spiro atoms. The average Bonchev–Trinajstić information content (AvgIpc) is 2.92. The molecule has 1 aliphatic rings. The molecule has 0 radical (unpaired) electrons. The molecule has 2 rings (SSSR count). The van der Waals surface area contributed by atoms with Crippen LogP contribution in [0, 0.1) is 0 Å². The molecule has 108 valence electrons. The van der Waals surface area contributed by atoms with E-state index >= 15 is 0 Å². The number of benzene rings is 1. The van der Waals surface area contributed by atoms with E-state index in [0.29, 0.717) is 12.3 Å². The first-order valence-electron chi connectivity index (χ1n) is 6.66. The summed E-state index contributed by atoms with van der Waals surface area (Å²) in [7, 11) is 1.32. The molecule has 1 atom stereocenters. The van der Waals surface area contributed by atoms with Gasteiger partial charge in [0.15, 0.2) is 0 Å². The number of carbonyl (C=O) groups is 1. The summed E-state index contributed by atoms with van der Waals surface area (Å²) in [6, 6.07) is 8.09. The van der Waals surface area contributed by atoms with Crippen LogP contribution >= 0.6 is 0 Å². The van der Waals surface area contributed by atoms with Gasteiger partial charge in [-0.2, -0.15) is 0 Å². The van der Waals surface area contributed by atoms with E-state index in [2.05, 4.69) is 31.1 Å². The van der Waals surface area contributed by atoms with Crippen LogP contribution < -0.4 is 5.73 Å². The van der Waals surface area contributed by atoms with Crippen molar-refractivity contribution in [2.45, 2.75) is 31.8 Å². The first-order valence-corrected chi connectivity index (χ1v) is 6.66. The number of nitrogens with zero attached hydrogens (tertiary/aromatic N) is 1. The molecule has 0 aliphatic carbocycles. The Bertz CT molecular complexity index is 522. The van der Waals surface area contributed by atoms with E-state index in [4.69, 9.17) is 15.3 Å². The molecule has 0 amide bonds. The molecule has 1 heterocycles. The number of nitrogens with two attached hydrogens (primary N) is 1. The summed E-state index contributed by atoms with van der Waals surface area (Å²) >= 11 is 0. The number of rotatable bonds is 4. The largest absolute Gasteiger partial charge is 0.466 e. The van der Waals surface area contributed by atoms with Crippen molar-refractivity contribution >= 4 is 11.7 Å². The standard InChI is InChI=1S/C15H20N2O3/c1-10(2)11-4-6-12(7-5-11)13-8-15(9-16,20-17-13)14(18)19-3/h4-7,10H,8-9,16H2,1-3H3. The van der Waals surface area contributed by atoms with Gasteiger partial charge in [-0.25, -0.2) is 4.79 Å². The van der Waals surface area contributed by atoms with Crippen LogP contribution in [0.1, 0.15) is 37.3 Å². The van der Waals surface area contributed by atoms with Crippen LogP contribution in [-0.4, -0.2) is 30.9 Å². The number of esters is 1. The Morgan fingerprint density at radius 2 is 2.10 bits per heavy atom. The maximum atomic E-state index is 11.8. The van der Waals surface area contributed by atoms with Gasteiger partial charge in [-0.05, 0) is 17.0 Å². The predicted octanol–water partition coefficient (Wildman–Crippen LogP) is 1.80. The highest BCUT2D eigenvalue weighted by Crippen LogP contribution is 2.28. The Morgan fingerprint density at radius 1 is 1.45 bits per heavy atom. The molecule has 1 aromatic carbocycles. The SMILES string of the molecule is COC(=O)C1(CN)CC(c2ccc(C(C)C)cc2)=NO1. The molecule has 0 bridgehead atoms. The smallest absolute Gasteiger partial charge is 0.354 e. The van der Waals surface area contributed by atoms with Crippen molar-refractivity contribution in [1.82, 2.24) is 0 Å². The van der Waals surface area contributed by atoms with Gasteiger partial charge in [0.25, 0.3) is 5.60 Å². The lowest BCUT2D eigenvalue weighted by molar-refractivity contribution is -0.165. The van der Waals surface area contributed by atoms with Crippen molar-refractivity contribution in [3.63, 3.8) is 0 Å². The number of carbonyl (C=O) groups excluding carboxylic acids is 1. The Labute approximate surface area is 118 Å². The van der Waals surface area contributed by atoms with Crippen LogP contribution in [0.15, 0.2) is 29.4 Å². The summed E-state index contributed by atoms with van der Waals surface area (Å²) in [4.78, 5) is 17.1. The van der Waals surface area contributed by atoms with Crippen LogP contribution in [-0.2, 0) is 14.4 Å². The van der Waals surface area contributed by atoms with Gasteiger partial charge in [-0.1, -0.05) is 43.3 Å². The van der Waals surface area contributed by atoms with Gasteiger partial charge in [0.1, 0.15) is 0 Å². The maximum absolute atomic E-state index is 11.8. The lowest BCUT2D eigenvalue weighted by Gasteiger charge is -2.21. The minimum atomic E-state index is -1.18. The topological polar surface area (TPSA) is 73.9 Å².